The minimum Gasteiger partial charge on any atom is -0.458 e. The second-order valence-electron chi connectivity index (χ2n) is 5.12. The number of nitrogens with one attached hydrogen (secondary N) is 2. The van der Waals surface area contributed by atoms with Crippen LogP contribution in [0.5, 0.6) is 0 Å². The van der Waals surface area contributed by atoms with E-state index >= 15 is 0 Å². The second-order valence-corrected chi connectivity index (χ2v) is 6.89. The van der Waals surface area contributed by atoms with Crippen LogP contribution >= 0.6 is 0 Å². The molecule has 2 aromatic rings. The number of esters is 1. The summed E-state index contributed by atoms with van der Waals surface area (Å²) in [5.74, 6) is -0.438. The van der Waals surface area contributed by atoms with Crippen LogP contribution in [0.15, 0.2) is 39.8 Å². The van der Waals surface area contributed by atoms with Gasteiger partial charge in [-0.15, -0.1) is 0 Å². The van der Waals surface area contributed by atoms with Crippen LogP contribution in [0.3, 0.4) is 0 Å². The highest BCUT2D eigenvalue weighted by atomic mass is 32.2. The molecule has 0 radical (unpaired) electrons. The molecule has 25 heavy (non-hydrogen) atoms. The van der Waals surface area contributed by atoms with Crippen LogP contribution in [0.1, 0.15) is 18.4 Å². The molecule has 0 aliphatic rings. The van der Waals surface area contributed by atoms with Crippen LogP contribution in [0.2, 0.25) is 0 Å². The van der Waals surface area contributed by atoms with Gasteiger partial charge in [0.25, 0.3) is 0 Å². The molecule has 0 atom stereocenters. The molecule has 0 aliphatic heterocycles. The first-order chi connectivity index (χ1) is 11.8. The zero-order valence-electron chi connectivity index (χ0n) is 13.6. The summed E-state index contributed by atoms with van der Waals surface area (Å²) in [6.07, 6.45) is 0. The lowest BCUT2D eigenvalue weighted by molar-refractivity contribution is -0.143. The zero-order chi connectivity index (χ0) is 18.4. The van der Waals surface area contributed by atoms with Gasteiger partial charge in [-0.2, -0.15) is 4.72 Å². The van der Waals surface area contributed by atoms with Crippen LogP contribution in [-0.4, -0.2) is 32.0 Å². The highest BCUT2D eigenvalue weighted by Gasteiger charge is 2.16. The molecule has 1 heterocycles. The number of amides is 1. The van der Waals surface area contributed by atoms with Crippen molar-refractivity contribution >= 4 is 27.6 Å². The number of aromatic nitrogens is 1. The summed E-state index contributed by atoms with van der Waals surface area (Å²) in [4.78, 5) is 22.5. The molecule has 2 rings (SSSR count). The molecule has 0 aliphatic carbocycles. The fraction of sp³-hybridized carbons (Fsp3) is 0.267. The second kappa shape index (κ2) is 7.90. The van der Waals surface area contributed by atoms with E-state index in [0.717, 1.165) is 0 Å². The molecule has 10 heteroatoms. The molecule has 134 valence electrons. The number of rotatable bonds is 7. The van der Waals surface area contributed by atoms with Crippen molar-refractivity contribution < 1.29 is 27.3 Å². The molecular formula is C15H17N3O6S. The third-order valence-electron chi connectivity index (χ3n) is 2.95. The van der Waals surface area contributed by atoms with E-state index in [1.54, 1.807) is 13.0 Å². The molecular weight excluding hydrogens is 350 g/mol. The molecule has 0 saturated heterocycles. The van der Waals surface area contributed by atoms with Gasteiger partial charge in [0.05, 0.1) is 4.90 Å². The van der Waals surface area contributed by atoms with Crippen LogP contribution < -0.4 is 10.0 Å². The van der Waals surface area contributed by atoms with Gasteiger partial charge in [0.1, 0.15) is 24.6 Å². The summed E-state index contributed by atoms with van der Waals surface area (Å²) >= 11 is 0. The van der Waals surface area contributed by atoms with Gasteiger partial charge in [-0.3, -0.25) is 9.59 Å². The van der Waals surface area contributed by atoms with E-state index < -0.39 is 22.5 Å². The minimum atomic E-state index is -3.88. The molecule has 9 nitrogen and oxygen atoms in total. The number of hydrogen-bond acceptors (Lipinski definition) is 7. The Balaban J connectivity index is 1.87. The van der Waals surface area contributed by atoms with Crippen molar-refractivity contribution in [2.24, 2.45) is 0 Å². The molecule has 0 unspecified atom stereocenters. The van der Waals surface area contributed by atoms with Gasteiger partial charge in [0.2, 0.25) is 15.9 Å². The number of benzene rings is 1. The van der Waals surface area contributed by atoms with Crippen molar-refractivity contribution in [2.45, 2.75) is 25.3 Å². The molecule has 1 amide bonds. The largest absolute Gasteiger partial charge is 0.458 e. The summed E-state index contributed by atoms with van der Waals surface area (Å²) in [6, 6.07) is 7.13. The smallest absolute Gasteiger partial charge is 0.321 e. The third kappa shape index (κ3) is 5.69. The van der Waals surface area contributed by atoms with Crippen LogP contribution in [0, 0.1) is 6.92 Å². The first kappa shape index (κ1) is 18.6. The maximum Gasteiger partial charge on any atom is 0.321 e. The summed E-state index contributed by atoms with van der Waals surface area (Å²) in [7, 11) is -3.88. The minimum absolute atomic E-state index is 0.0403. The van der Waals surface area contributed by atoms with E-state index in [4.69, 9.17) is 9.26 Å². The predicted octanol–water partition coefficient (Wildman–Crippen LogP) is 0.963. The van der Waals surface area contributed by atoms with Crippen LogP contribution in [-0.2, 0) is 31.0 Å². The van der Waals surface area contributed by atoms with Crippen molar-refractivity contribution in [3.05, 3.63) is 41.8 Å². The Morgan fingerprint density at radius 2 is 1.92 bits per heavy atom. The summed E-state index contributed by atoms with van der Waals surface area (Å²) in [6.45, 7) is 2.41. The molecule has 2 N–H and O–H groups in total. The summed E-state index contributed by atoms with van der Waals surface area (Å²) < 4.78 is 36.1. The van der Waals surface area contributed by atoms with Gasteiger partial charge in [-0.1, -0.05) is 5.16 Å². The molecule has 0 fully saturated rings. The molecule has 0 saturated carbocycles. The van der Waals surface area contributed by atoms with Gasteiger partial charge >= 0.3 is 5.97 Å². The quantitative estimate of drug-likeness (QED) is 0.698. The average Bonchev–Trinajstić information content (AvgIpc) is 2.96. The zero-order valence-corrected chi connectivity index (χ0v) is 14.4. The van der Waals surface area contributed by atoms with Crippen molar-refractivity contribution in [1.29, 1.82) is 0 Å². The fourth-order valence-corrected chi connectivity index (χ4v) is 2.82. The van der Waals surface area contributed by atoms with Gasteiger partial charge in [0, 0.05) is 18.7 Å². The van der Waals surface area contributed by atoms with Crippen molar-refractivity contribution in [3.8, 4) is 0 Å². The molecule has 1 aromatic carbocycles. The number of carbonyl (C=O) groups excluding carboxylic acids is 2. The molecule has 0 spiro atoms. The Labute approximate surface area is 144 Å². The van der Waals surface area contributed by atoms with E-state index in [9.17, 15) is 18.0 Å². The summed E-state index contributed by atoms with van der Waals surface area (Å²) in [5.41, 5.74) is 0.899. The van der Waals surface area contributed by atoms with Gasteiger partial charge in [0.15, 0.2) is 0 Å². The third-order valence-corrected chi connectivity index (χ3v) is 4.37. The lowest BCUT2D eigenvalue weighted by atomic mass is 10.3. The van der Waals surface area contributed by atoms with Gasteiger partial charge < -0.3 is 14.6 Å². The first-order valence-corrected chi connectivity index (χ1v) is 8.70. The van der Waals surface area contributed by atoms with Crippen molar-refractivity contribution in [3.63, 3.8) is 0 Å². The van der Waals surface area contributed by atoms with Crippen molar-refractivity contribution in [1.82, 2.24) is 9.88 Å². The number of sulfonamides is 1. The fourth-order valence-electron chi connectivity index (χ4n) is 1.85. The van der Waals surface area contributed by atoms with E-state index in [0.29, 0.717) is 17.1 Å². The Kier molecular flexibility index (Phi) is 5.88. The van der Waals surface area contributed by atoms with E-state index in [1.165, 1.54) is 31.2 Å². The molecule has 1 aromatic heterocycles. The molecule has 0 bridgehead atoms. The van der Waals surface area contributed by atoms with Crippen LogP contribution in [0.25, 0.3) is 0 Å². The van der Waals surface area contributed by atoms with Gasteiger partial charge in [-0.05, 0) is 31.2 Å². The number of hydrogen-bond donors (Lipinski definition) is 2. The Hall–Kier alpha value is -2.72. The van der Waals surface area contributed by atoms with E-state index in [2.05, 4.69) is 15.2 Å². The number of anilines is 1. The predicted molar refractivity (Wildman–Crippen MR) is 87.0 cm³/mol. The van der Waals surface area contributed by atoms with E-state index in [-0.39, 0.29) is 17.4 Å². The Morgan fingerprint density at radius 1 is 1.24 bits per heavy atom. The maximum atomic E-state index is 12.1. The number of aryl methyl sites for hydroxylation is 1. The topological polar surface area (TPSA) is 128 Å². The number of ether oxygens (including phenoxy) is 1. The average molecular weight is 367 g/mol. The number of nitrogens with zero attached hydrogens (tertiary/aromatic N) is 1. The first-order valence-electron chi connectivity index (χ1n) is 7.21. The van der Waals surface area contributed by atoms with E-state index in [1.807, 2.05) is 0 Å². The maximum absolute atomic E-state index is 12.1. The monoisotopic (exact) mass is 367 g/mol. The van der Waals surface area contributed by atoms with Gasteiger partial charge in [-0.25, -0.2) is 8.42 Å². The highest BCUT2D eigenvalue weighted by Crippen LogP contribution is 2.13. The lowest BCUT2D eigenvalue weighted by Gasteiger charge is -2.08. The lowest BCUT2D eigenvalue weighted by Crippen LogP contribution is -2.30. The summed E-state index contributed by atoms with van der Waals surface area (Å²) in [5, 5.41) is 6.18. The normalized spacial score (nSPS) is 11.1. The SMILES string of the molecule is CC(=O)Nc1ccc(S(=O)(=O)NCC(=O)OCc2cc(C)on2)cc1. The Morgan fingerprint density at radius 3 is 2.48 bits per heavy atom. The Bertz CT molecular complexity index is 858. The standard InChI is InChI=1S/C15H17N3O6S/c1-10-7-13(18-24-10)9-23-15(20)8-16-25(21,22)14-5-3-12(4-6-14)17-11(2)19/h3-7,16H,8-9H2,1-2H3,(H,17,19). The van der Waals surface area contributed by atoms with Crippen LogP contribution in [0.4, 0.5) is 5.69 Å². The van der Waals surface area contributed by atoms with Crippen molar-refractivity contribution in [2.75, 3.05) is 11.9 Å². The highest BCUT2D eigenvalue weighted by molar-refractivity contribution is 7.89. The number of carbonyl (C=O) groups is 2.